The van der Waals surface area contributed by atoms with Crippen LogP contribution in [-0.4, -0.2) is 15.9 Å². The first-order valence-electron chi connectivity index (χ1n) is 4.89. The van der Waals surface area contributed by atoms with Crippen LogP contribution in [0.25, 0.3) is 0 Å². The first kappa shape index (κ1) is 10.3. The SMILES string of the molecule is Cc1ccccc1NC(=O)c1cncnc1. The van der Waals surface area contributed by atoms with E-state index in [0.29, 0.717) is 5.56 Å². The molecule has 1 aromatic carbocycles. The summed E-state index contributed by atoms with van der Waals surface area (Å²) in [6.07, 6.45) is 4.37. The Morgan fingerprint density at radius 1 is 1.19 bits per heavy atom. The summed E-state index contributed by atoms with van der Waals surface area (Å²) in [6.45, 7) is 1.94. The van der Waals surface area contributed by atoms with Gasteiger partial charge in [-0.05, 0) is 18.6 Å². The molecule has 0 radical (unpaired) electrons. The van der Waals surface area contributed by atoms with Crippen LogP contribution in [0.4, 0.5) is 5.69 Å². The minimum absolute atomic E-state index is 0.199. The molecule has 0 aliphatic carbocycles. The highest BCUT2D eigenvalue weighted by molar-refractivity contribution is 6.04. The maximum Gasteiger partial charge on any atom is 0.258 e. The number of rotatable bonds is 2. The number of hydrogen-bond acceptors (Lipinski definition) is 3. The number of nitrogens with one attached hydrogen (secondary N) is 1. The fourth-order valence-corrected chi connectivity index (χ4v) is 1.32. The van der Waals surface area contributed by atoms with Crippen molar-refractivity contribution in [2.24, 2.45) is 0 Å². The van der Waals surface area contributed by atoms with Crippen molar-refractivity contribution in [3.63, 3.8) is 0 Å². The third kappa shape index (κ3) is 2.23. The summed E-state index contributed by atoms with van der Waals surface area (Å²) in [5.74, 6) is -0.199. The smallest absolute Gasteiger partial charge is 0.258 e. The summed E-state index contributed by atoms with van der Waals surface area (Å²) in [7, 11) is 0. The van der Waals surface area contributed by atoms with Gasteiger partial charge in [0.15, 0.2) is 0 Å². The molecule has 16 heavy (non-hydrogen) atoms. The molecule has 0 fully saturated rings. The van der Waals surface area contributed by atoms with Crippen molar-refractivity contribution in [2.75, 3.05) is 5.32 Å². The Hall–Kier alpha value is -2.23. The molecule has 2 aromatic rings. The van der Waals surface area contributed by atoms with Crippen molar-refractivity contribution in [3.8, 4) is 0 Å². The molecule has 1 N–H and O–H groups in total. The van der Waals surface area contributed by atoms with Crippen LogP contribution in [0.3, 0.4) is 0 Å². The second-order valence-corrected chi connectivity index (χ2v) is 3.40. The fourth-order valence-electron chi connectivity index (χ4n) is 1.32. The molecular formula is C12H11N3O. The number of benzene rings is 1. The zero-order valence-corrected chi connectivity index (χ0v) is 8.84. The van der Waals surface area contributed by atoms with Crippen molar-refractivity contribution >= 4 is 11.6 Å². The van der Waals surface area contributed by atoms with Crippen LogP contribution in [0.15, 0.2) is 43.0 Å². The lowest BCUT2D eigenvalue weighted by Crippen LogP contribution is -2.13. The Balaban J connectivity index is 2.18. The Bertz CT molecular complexity index is 497. The molecule has 0 bridgehead atoms. The summed E-state index contributed by atoms with van der Waals surface area (Å²) in [5.41, 5.74) is 2.27. The van der Waals surface area contributed by atoms with Gasteiger partial charge >= 0.3 is 0 Å². The Kier molecular flexibility index (Phi) is 2.91. The maximum absolute atomic E-state index is 11.8. The fraction of sp³-hybridized carbons (Fsp3) is 0.0833. The highest BCUT2D eigenvalue weighted by atomic mass is 16.1. The van der Waals surface area contributed by atoms with Gasteiger partial charge in [0, 0.05) is 18.1 Å². The minimum Gasteiger partial charge on any atom is -0.322 e. The molecule has 0 spiro atoms. The molecule has 0 unspecified atom stereocenters. The lowest BCUT2D eigenvalue weighted by molar-refractivity contribution is 0.102. The van der Waals surface area contributed by atoms with Gasteiger partial charge in [-0.3, -0.25) is 4.79 Å². The molecular weight excluding hydrogens is 202 g/mol. The number of anilines is 1. The average molecular weight is 213 g/mol. The number of amides is 1. The molecule has 0 aliphatic heterocycles. The summed E-state index contributed by atoms with van der Waals surface area (Å²) in [4.78, 5) is 19.4. The number of aryl methyl sites for hydroxylation is 1. The van der Waals surface area contributed by atoms with Crippen molar-refractivity contribution in [1.82, 2.24) is 9.97 Å². The predicted octanol–water partition coefficient (Wildman–Crippen LogP) is 2.04. The van der Waals surface area contributed by atoms with Gasteiger partial charge in [-0.2, -0.15) is 0 Å². The minimum atomic E-state index is -0.199. The summed E-state index contributed by atoms with van der Waals surface area (Å²) < 4.78 is 0. The van der Waals surface area contributed by atoms with Gasteiger partial charge in [0.25, 0.3) is 5.91 Å². The second kappa shape index (κ2) is 4.53. The molecule has 0 saturated heterocycles. The molecule has 0 aliphatic rings. The molecule has 2 rings (SSSR count). The average Bonchev–Trinajstić information content (AvgIpc) is 2.33. The molecule has 4 nitrogen and oxygen atoms in total. The number of para-hydroxylation sites is 1. The highest BCUT2D eigenvalue weighted by Crippen LogP contribution is 2.13. The van der Waals surface area contributed by atoms with E-state index in [0.717, 1.165) is 11.3 Å². The van der Waals surface area contributed by atoms with E-state index >= 15 is 0 Å². The number of hydrogen-bond donors (Lipinski definition) is 1. The topological polar surface area (TPSA) is 54.9 Å². The van der Waals surface area contributed by atoms with Crippen LogP contribution in [0.1, 0.15) is 15.9 Å². The summed E-state index contributed by atoms with van der Waals surface area (Å²) in [6, 6.07) is 7.61. The first-order chi connectivity index (χ1) is 7.77. The number of carbonyl (C=O) groups excluding carboxylic acids is 1. The molecule has 1 amide bonds. The van der Waals surface area contributed by atoms with Crippen LogP contribution in [0.2, 0.25) is 0 Å². The zero-order valence-electron chi connectivity index (χ0n) is 8.84. The number of carbonyl (C=O) groups is 1. The van der Waals surface area contributed by atoms with E-state index in [2.05, 4.69) is 15.3 Å². The van der Waals surface area contributed by atoms with Gasteiger partial charge < -0.3 is 5.32 Å². The normalized spacial score (nSPS) is 9.81. The molecule has 4 heteroatoms. The zero-order chi connectivity index (χ0) is 11.4. The van der Waals surface area contributed by atoms with Crippen molar-refractivity contribution in [2.45, 2.75) is 6.92 Å². The molecule has 0 saturated carbocycles. The van der Waals surface area contributed by atoms with Gasteiger partial charge in [-0.25, -0.2) is 9.97 Å². The quantitative estimate of drug-likeness (QED) is 0.830. The van der Waals surface area contributed by atoms with E-state index in [4.69, 9.17) is 0 Å². The van der Waals surface area contributed by atoms with E-state index in [-0.39, 0.29) is 5.91 Å². The largest absolute Gasteiger partial charge is 0.322 e. The first-order valence-corrected chi connectivity index (χ1v) is 4.89. The molecule has 1 aromatic heterocycles. The molecule has 1 heterocycles. The highest BCUT2D eigenvalue weighted by Gasteiger charge is 2.06. The van der Waals surface area contributed by atoms with Crippen LogP contribution in [0, 0.1) is 6.92 Å². The van der Waals surface area contributed by atoms with Crippen LogP contribution >= 0.6 is 0 Å². The van der Waals surface area contributed by atoms with E-state index < -0.39 is 0 Å². The number of aromatic nitrogens is 2. The maximum atomic E-state index is 11.8. The third-order valence-electron chi connectivity index (χ3n) is 2.22. The van der Waals surface area contributed by atoms with Crippen molar-refractivity contribution < 1.29 is 4.79 Å². The Morgan fingerprint density at radius 3 is 2.56 bits per heavy atom. The second-order valence-electron chi connectivity index (χ2n) is 3.40. The van der Waals surface area contributed by atoms with Crippen LogP contribution < -0.4 is 5.32 Å². The van der Waals surface area contributed by atoms with Crippen LogP contribution in [0.5, 0.6) is 0 Å². The van der Waals surface area contributed by atoms with Gasteiger partial charge in [-0.1, -0.05) is 18.2 Å². The van der Waals surface area contributed by atoms with E-state index in [1.807, 2.05) is 31.2 Å². The summed E-state index contributed by atoms with van der Waals surface area (Å²) in [5, 5.41) is 2.81. The van der Waals surface area contributed by atoms with Crippen LogP contribution in [-0.2, 0) is 0 Å². The van der Waals surface area contributed by atoms with E-state index in [9.17, 15) is 4.79 Å². The third-order valence-corrected chi connectivity index (χ3v) is 2.22. The predicted molar refractivity (Wildman–Crippen MR) is 61.2 cm³/mol. The Labute approximate surface area is 93.4 Å². The van der Waals surface area contributed by atoms with Gasteiger partial charge in [0.1, 0.15) is 6.33 Å². The van der Waals surface area contributed by atoms with Crippen molar-refractivity contribution in [1.29, 1.82) is 0 Å². The van der Waals surface area contributed by atoms with Gasteiger partial charge in [0.05, 0.1) is 5.56 Å². The lowest BCUT2D eigenvalue weighted by Gasteiger charge is -2.07. The number of nitrogens with zero attached hydrogens (tertiary/aromatic N) is 2. The van der Waals surface area contributed by atoms with Crippen molar-refractivity contribution in [3.05, 3.63) is 54.1 Å². The van der Waals surface area contributed by atoms with Gasteiger partial charge in [-0.15, -0.1) is 0 Å². The lowest BCUT2D eigenvalue weighted by atomic mass is 10.2. The Morgan fingerprint density at radius 2 is 1.88 bits per heavy atom. The van der Waals surface area contributed by atoms with Gasteiger partial charge in [0.2, 0.25) is 0 Å². The van der Waals surface area contributed by atoms with E-state index in [1.165, 1.54) is 18.7 Å². The molecule has 0 atom stereocenters. The molecule has 80 valence electrons. The summed E-state index contributed by atoms with van der Waals surface area (Å²) >= 11 is 0. The standard InChI is InChI=1S/C12H11N3O/c1-9-4-2-3-5-11(9)15-12(16)10-6-13-8-14-7-10/h2-8H,1H3,(H,15,16). The van der Waals surface area contributed by atoms with E-state index in [1.54, 1.807) is 0 Å². The monoisotopic (exact) mass is 213 g/mol.